The topological polar surface area (TPSA) is 54.9 Å². The Hall–Kier alpha value is -2.01. The number of nitrogens with one attached hydrogen (secondary N) is 1. The van der Waals surface area contributed by atoms with Gasteiger partial charge in [-0.1, -0.05) is 29.8 Å². The van der Waals surface area contributed by atoms with Crippen LogP contribution in [0.4, 0.5) is 4.39 Å². The number of benzene rings is 1. The van der Waals surface area contributed by atoms with Gasteiger partial charge in [0.15, 0.2) is 10.8 Å². The van der Waals surface area contributed by atoms with Crippen molar-refractivity contribution in [2.24, 2.45) is 0 Å². The average Bonchev–Trinajstić information content (AvgIpc) is 2.39. The van der Waals surface area contributed by atoms with Crippen LogP contribution in [-0.4, -0.2) is 16.1 Å². The molecule has 2 aromatic rings. The van der Waals surface area contributed by atoms with E-state index in [1.54, 1.807) is 25.1 Å². The molecule has 1 N–H and O–H groups in total. The minimum atomic E-state index is -0.467. The molecular formula is C13H11ClFN3O. The zero-order valence-corrected chi connectivity index (χ0v) is 10.9. The van der Waals surface area contributed by atoms with E-state index in [4.69, 9.17) is 11.6 Å². The number of carbonyl (C=O) groups is 1. The Morgan fingerprint density at radius 2 is 2.00 bits per heavy atom. The van der Waals surface area contributed by atoms with Crippen LogP contribution in [0.25, 0.3) is 0 Å². The standard InChI is InChI=1S/C13H11ClFN3O/c1-8(9-4-2-3-5-10(9)15)16-13(19)11-6-7-12(14)18-17-11/h2-8H,1H3,(H,16,19). The fourth-order valence-corrected chi connectivity index (χ4v) is 1.71. The number of hydrogen-bond donors (Lipinski definition) is 1. The first-order valence-corrected chi connectivity index (χ1v) is 6.00. The second-order valence-corrected chi connectivity index (χ2v) is 4.35. The van der Waals surface area contributed by atoms with Crippen LogP contribution in [0.3, 0.4) is 0 Å². The molecule has 98 valence electrons. The largest absolute Gasteiger partial charge is 0.344 e. The molecule has 4 nitrogen and oxygen atoms in total. The van der Waals surface area contributed by atoms with Crippen molar-refractivity contribution in [3.8, 4) is 0 Å². The summed E-state index contributed by atoms with van der Waals surface area (Å²) in [5, 5.41) is 10.1. The van der Waals surface area contributed by atoms with Crippen LogP contribution in [0.2, 0.25) is 5.15 Å². The molecule has 1 aromatic heterocycles. The van der Waals surface area contributed by atoms with Crippen LogP contribution in [0.1, 0.15) is 29.0 Å². The van der Waals surface area contributed by atoms with Crippen LogP contribution in [-0.2, 0) is 0 Å². The monoisotopic (exact) mass is 279 g/mol. The lowest BCUT2D eigenvalue weighted by Gasteiger charge is -2.14. The second kappa shape index (κ2) is 5.75. The molecule has 0 aliphatic rings. The SMILES string of the molecule is CC(NC(=O)c1ccc(Cl)nn1)c1ccccc1F. The molecule has 0 radical (unpaired) electrons. The van der Waals surface area contributed by atoms with Crippen LogP contribution >= 0.6 is 11.6 Å². The van der Waals surface area contributed by atoms with E-state index in [-0.39, 0.29) is 16.7 Å². The first-order valence-electron chi connectivity index (χ1n) is 5.62. The van der Waals surface area contributed by atoms with E-state index in [1.165, 1.54) is 18.2 Å². The van der Waals surface area contributed by atoms with E-state index in [0.717, 1.165) is 0 Å². The lowest BCUT2D eigenvalue weighted by molar-refractivity contribution is 0.0933. The number of rotatable bonds is 3. The van der Waals surface area contributed by atoms with Gasteiger partial charge in [0.25, 0.3) is 5.91 Å². The maximum atomic E-state index is 13.5. The van der Waals surface area contributed by atoms with E-state index >= 15 is 0 Å². The predicted octanol–water partition coefficient (Wildman–Crippen LogP) is 2.76. The molecule has 0 fully saturated rings. The normalized spacial score (nSPS) is 11.9. The van der Waals surface area contributed by atoms with Gasteiger partial charge in [0.2, 0.25) is 0 Å². The molecule has 19 heavy (non-hydrogen) atoms. The highest BCUT2D eigenvalue weighted by molar-refractivity contribution is 6.29. The summed E-state index contributed by atoms with van der Waals surface area (Å²) < 4.78 is 13.5. The van der Waals surface area contributed by atoms with E-state index < -0.39 is 11.9 Å². The summed E-state index contributed by atoms with van der Waals surface area (Å²) in [6.45, 7) is 1.69. The van der Waals surface area contributed by atoms with Crippen molar-refractivity contribution < 1.29 is 9.18 Å². The number of halogens is 2. The summed E-state index contributed by atoms with van der Waals surface area (Å²) in [5.41, 5.74) is 0.547. The van der Waals surface area contributed by atoms with E-state index in [2.05, 4.69) is 15.5 Å². The minimum absolute atomic E-state index is 0.132. The minimum Gasteiger partial charge on any atom is -0.344 e. The highest BCUT2D eigenvalue weighted by Crippen LogP contribution is 2.16. The summed E-state index contributed by atoms with van der Waals surface area (Å²) in [7, 11) is 0. The Bertz CT molecular complexity index is 589. The molecule has 6 heteroatoms. The summed E-state index contributed by atoms with van der Waals surface area (Å²) in [6.07, 6.45) is 0. The van der Waals surface area contributed by atoms with Crippen LogP contribution in [0.5, 0.6) is 0 Å². The van der Waals surface area contributed by atoms with Crippen molar-refractivity contribution in [1.82, 2.24) is 15.5 Å². The second-order valence-electron chi connectivity index (χ2n) is 3.96. The molecule has 0 saturated heterocycles. The van der Waals surface area contributed by atoms with Gasteiger partial charge >= 0.3 is 0 Å². The fourth-order valence-electron chi connectivity index (χ4n) is 1.61. The van der Waals surface area contributed by atoms with Gasteiger partial charge in [0.1, 0.15) is 5.82 Å². The van der Waals surface area contributed by atoms with Crippen molar-refractivity contribution >= 4 is 17.5 Å². The van der Waals surface area contributed by atoms with Crippen molar-refractivity contribution in [1.29, 1.82) is 0 Å². The van der Waals surface area contributed by atoms with Gasteiger partial charge < -0.3 is 5.32 Å². The zero-order chi connectivity index (χ0) is 13.8. The van der Waals surface area contributed by atoms with Gasteiger partial charge in [-0.25, -0.2) is 4.39 Å². The lowest BCUT2D eigenvalue weighted by Crippen LogP contribution is -2.28. The van der Waals surface area contributed by atoms with E-state index in [1.807, 2.05) is 0 Å². The Balaban J connectivity index is 2.11. The molecule has 0 aliphatic carbocycles. The number of carbonyl (C=O) groups excluding carboxylic acids is 1. The summed E-state index contributed by atoms with van der Waals surface area (Å²) >= 11 is 5.58. The van der Waals surface area contributed by atoms with Gasteiger partial charge in [0, 0.05) is 5.56 Å². The van der Waals surface area contributed by atoms with E-state index in [0.29, 0.717) is 5.56 Å². The maximum absolute atomic E-state index is 13.5. The number of nitrogens with zero attached hydrogens (tertiary/aromatic N) is 2. The third kappa shape index (κ3) is 3.26. The zero-order valence-electron chi connectivity index (χ0n) is 10.1. The molecule has 0 aliphatic heterocycles. The summed E-state index contributed by atoms with van der Waals surface area (Å²) in [4.78, 5) is 11.9. The molecule has 2 rings (SSSR count). The van der Waals surface area contributed by atoms with Crippen molar-refractivity contribution in [3.63, 3.8) is 0 Å². The maximum Gasteiger partial charge on any atom is 0.272 e. The molecule has 0 spiro atoms. The van der Waals surface area contributed by atoms with Crippen LogP contribution < -0.4 is 5.32 Å². The highest BCUT2D eigenvalue weighted by atomic mass is 35.5. The van der Waals surface area contributed by atoms with E-state index in [9.17, 15) is 9.18 Å². The first-order chi connectivity index (χ1) is 9.08. The van der Waals surface area contributed by atoms with Crippen molar-refractivity contribution in [2.45, 2.75) is 13.0 Å². The van der Waals surface area contributed by atoms with Gasteiger partial charge in [0.05, 0.1) is 6.04 Å². The lowest BCUT2D eigenvalue weighted by atomic mass is 10.1. The Kier molecular flexibility index (Phi) is 4.06. The molecule has 1 heterocycles. The molecule has 1 atom stereocenters. The quantitative estimate of drug-likeness (QED) is 0.940. The van der Waals surface area contributed by atoms with Gasteiger partial charge in [-0.15, -0.1) is 10.2 Å². The van der Waals surface area contributed by atoms with Crippen molar-refractivity contribution in [3.05, 3.63) is 58.6 Å². The third-order valence-electron chi connectivity index (χ3n) is 2.58. The number of aromatic nitrogens is 2. The molecular weight excluding hydrogens is 269 g/mol. The molecule has 0 saturated carbocycles. The Morgan fingerprint density at radius 3 is 2.63 bits per heavy atom. The average molecular weight is 280 g/mol. The fraction of sp³-hybridized carbons (Fsp3) is 0.154. The van der Waals surface area contributed by atoms with Gasteiger partial charge in [-0.3, -0.25) is 4.79 Å². The smallest absolute Gasteiger partial charge is 0.272 e. The number of amides is 1. The molecule has 1 unspecified atom stereocenters. The Labute approximate surface area is 114 Å². The third-order valence-corrected chi connectivity index (χ3v) is 2.79. The van der Waals surface area contributed by atoms with Crippen LogP contribution in [0.15, 0.2) is 36.4 Å². The molecule has 1 aromatic carbocycles. The highest BCUT2D eigenvalue weighted by Gasteiger charge is 2.15. The predicted molar refractivity (Wildman–Crippen MR) is 69.3 cm³/mol. The first kappa shape index (κ1) is 13.4. The number of hydrogen-bond acceptors (Lipinski definition) is 3. The summed E-state index contributed by atoms with van der Waals surface area (Å²) in [6, 6.07) is 8.73. The Morgan fingerprint density at radius 1 is 1.26 bits per heavy atom. The molecule has 0 bridgehead atoms. The van der Waals surface area contributed by atoms with Gasteiger partial charge in [-0.05, 0) is 25.1 Å². The van der Waals surface area contributed by atoms with Crippen LogP contribution in [0, 0.1) is 5.82 Å². The van der Waals surface area contributed by atoms with Gasteiger partial charge in [-0.2, -0.15) is 0 Å². The van der Waals surface area contributed by atoms with Crippen molar-refractivity contribution in [2.75, 3.05) is 0 Å². The molecule has 1 amide bonds. The summed E-state index contributed by atoms with van der Waals surface area (Å²) in [5.74, 6) is -0.794.